The van der Waals surface area contributed by atoms with Gasteiger partial charge in [-0.3, -0.25) is 4.79 Å². The number of rotatable bonds is 7. The first-order valence-electron chi connectivity index (χ1n) is 8.55. The largest absolute Gasteiger partial charge is 0.325 e. The maximum atomic E-state index is 12.3. The molecule has 1 amide bonds. The van der Waals surface area contributed by atoms with Crippen molar-refractivity contribution in [1.82, 2.24) is 4.31 Å². The van der Waals surface area contributed by atoms with E-state index in [0.29, 0.717) is 11.6 Å². The van der Waals surface area contributed by atoms with Crippen LogP contribution < -0.4 is 5.32 Å². The number of nitrogens with one attached hydrogen (secondary N) is 1. The second-order valence-electron chi connectivity index (χ2n) is 6.84. The van der Waals surface area contributed by atoms with Gasteiger partial charge in [0.15, 0.2) is 0 Å². The fourth-order valence-electron chi connectivity index (χ4n) is 2.50. The first-order chi connectivity index (χ1) is 12.1. The molecule has 0 aromatic heterocycles. The second-order valence-corrected chi connectivity index (χ2v) is 8.82. The monoisotopic (exact) mass is 374 g/mol. The molecule has 0 heterocycles. The topological polar surface area (TPSA) is 66.5 Å². The van der Waals surface area contributed by atoms with Crippen molar-refractivity contribution in [2.24, 2.45) is 0 Å². The van der Waals surface area contributed by atoms with Crippen molar-refractivity contribution in [3.05, 3.63) is 65.2 Å². The van der Waals surface area contributed by atoms with Crippen molar-refractivity contribution in [3.8, 4) is 0 Å². The van der Waals surface area contributed by atoms with Crippen LogP contribution in [0.2, 0.25) is 0 Å². The first kappa shape index (κ1) is 20.1. The standard InChI is InChI=1S/C20H26N2O3S/c1-15(2)18-9-11-19(12-10-18)21-20(23)14-22(26(4,24)25)13-17-7-5-16(3)6-8-17/h5-12,15H,13-14H2,1-4H3,(H,21,23). The lowest BCUT2D eigenvalue weighted by atomic mass is 10.0. The molecular formula is C20H26N2O3S. The van der Waals surface area contributed by atoms with Crippen LogP contribution in [-0.2, 0) is 21.4 Å². The number of carbonyl (C=O) groups is 1. The van der Waals surface area contributed by atoms with Gasteiger partial charge < -0.3 is 5.32 Å². The molecule has 0 fully saturated rings. The average molecular weight is 375 g/mol. The van der Waals surface area contributed by atoms with E-state index in [4.69, 9.17) is 0 Å². The van der Waals surface area contributed by atoms with Crippen LogP contribution in [0.25, 0.3) is 0 Å². The molecule has 6 heteroatoms. The minimum atomic E-state index is -3.51. The molecule has 0 aliphatic rings. The van der Waals surface area contributed by atoms with Gasteiger partial charge >= 0.3 is 0 Å². The third kappa shape index (κ3) is 5.97. The molecule has 0 aliphatic carbocycles. The Balaban J connectivity index is 2.05. The zero-order valence-electron chi connectivity index (χ0n) is 15.7. The van der Waals surface area contributed by atoms with Crippen LogP contribution in [0, 0.1) is 6.92 Å². The van der Waals surface area contributed by atoms with E-state index in [1.54, 1.807) is 0 Å². The zero-order valence-corrected chi connectivity index (χ0v) is 16.5. The zero-order chi connectivity index (χ0) is 19.3. The van der Waals surface area contributed by atoms with Gasteiger partial charge in [0.2, 0.25) is 15.9 Å². The summed E-state index contributed by atoms with van der Waals surface area (Å²) in [5.74, 6) is 0.0508. The highest BCUT2D eigenvalue weighted by Crippen LogP contribution is 2.17. The minimum absolute atomic E-state index is 0.165. The van der Waals surface area contributed by atoms with Crippen LogP contribution in [0.4, 0.5) is 5.69 Å². The van der Waals surface area contributed by atoms with Gasteiger partial charge in [-0.2, -0.15) is 4.31 Å². The molecule has 2 aromatic rings. The molecule has 5 nitrogen and oxygen atoms in total. The molecule has 0 saturated carbocycles. The maximum absolute atomic E-state index is 12.3. The van der Waals surface area contributed by atoms with Crippen molar-refractivity contribution in [2.45, 2.75) is 33.2 Å². The van der Waals surface area contributed by atoms with E-state index in [1.165, 1.54) is 9.87 Å². The first-order valence-corrected chi connectivity index (χ1v) is 10.4. The van der Waals surface area contributed by atoms with Crippen molar-refractivity contribution >= 4 is 21.6 Å². The fourth-order valence-corrected chi connectivity index (χ4v) is 3.23. The summed E-state index contributed by atoms with van der Waals surface area (Å²) in [7, 11) is -3.51. The van der Waals surface area contributed by atoms with E-state index in [9.17, 15) is 13.2 Å². The molecule has 0 bridgehead atoms. The summed E-state index contributed by atoms with van der Waals surface area (Å²) in [6.45, 7) is 6.11. The lowest BCUT2D eigenvalue weighted by Gasteiger charge is -2.20. The summed E-state index contributed by atoms with van der Waals surface area (Å²) in [6.07, 6.45) is 1.12. The minimum Gasteiger partial charge on any atom is -0.325 e. The number of hydrogen-bond donors (Lipinski definition) is 1. The average Bonchev–Trinajstić information content (AvgIpc) is 2.56. The lowest BCUT2D eigenvalue weighted by Crippen LogP contribution is -2.36. The van der Waals surface area contributed by atoms with Gasteiger partial charge in [0, 0.05) is 12.2 Å². The predicted molar refractivity (Wildman–Crippen MR) is 106 cm³/mol. The fraction of sp³-hybridized carbons (Fsp3) is 0.350. The predicted octanol–water partition coefficient (Wildman–Crippen LogP) is 3.52. The number of nitrogens with zero attached hydrogens (tertiary/aromatic N) is 1. The molecule has 0 spiro atoms. The molecule has 140 valence electrons. The van der Waals surface area contributed by atoms with Crippen LogP contribution in [-0.4, -0.2) is 31.4 Å². The molecule has 0 aliphatic heterocycles. The molecule has 0 radical (unpaired) electrons. The summed E-state index contributed by atoms with van der Waals surface area (Å²) >= 11 is 0. The quantitative estimate of drug-likeness (QED) is 0.806. The van der Waals surface area contributed by atoms with Gasteiger partial charge in [-0.15, -0.1) is 0 Å². The van der Waals surface area contributed by atoms with Crippen LogP contribution in [0.1, 0.15) is 36.5 Å². The summed E-state index contributed by atoms with van der Waals surface area (Å²) in [5, 5.41) is 2.76. The Labute approximate surface area is 156 Å². The highest BCUT2D eigenvalue weighted by atomic mass is 32.2. The van der Waals surface area contributed by atoms with E-state index in [0.717, 1.165) is 17.4 Å². The molecule has 2 aromatic carbocycles. The van der Waals surface area contributed by atoms with E-state index in [1.807, 2.05) is 55.5 Å². The number of carbonyl (C=O) groups excluding carboxylic acids is 1. The maximum Gasteiger partial charge on any atom is 0.239 e. The summed E-state index contributed by atoms with van der Waals surface area (Å²) in [4.78, 5) is 12.3. The number of sulfonamides is 1. The summed E-state index contributed by atoms with van der Waals surface area (Å²) < 4.78 is 25.3. The van der Waals surface area contributed by atoms with Gasteiger partial charge in [0.25, 0.3) is 0 Å². The Morgan fingerprint density at radius 2 is 1.62 bits per heavy atom. The Morgan fingerprint density at radius 1 is 1.04 bits per heavy atom. The number of amides is 1. The normalized spacial score (nSPS) is 11.8. The highest BCUT2D eigenvalue weighted by Gasteiger charge is 2.20. The lowest BCUT2D eigenvalue weighted by molar-refractivity contribution is -0.116. The Morgan fingerprint density at radius 3 is 2.12 bits per heavy atom. The molecule has 0 atom stereocenters. The number of anilines is 1. The summed E-state index contributed by atoms with van der Waals surface area (Å²) in [6, 6.07) is 15.2. The SMILES string of the molecule is Cc1ccc(CN(CC(=O)Nc2ccc(C(C)C)cc2)S(C)(=O)=O)cc1. The Hall–Kier alpha value is -2.18. The van der Waals surface area contributed by atoms with Gasteiger partial charge in [-0.25, -0.2) is 8.42 Å². The van der Waals surface area contributed by atoms with Crippen LogP contribution in [0.3, 0.4) is 0 Å². The van der Waals surface area contributed by atoms with Crippen LogP contribution in [0.5, 0.6) is 0 Å². The number of benzene rings is 2. The molecular weight excluding hydrogens is 348 g/mol. The Kier molecular flexibility index (Phi) is 6.56. The Bertz CT molecular complexity index is 842. The molecule has 0 saturated heterocycles. The van der Waals surface area contributed by atoms with Gasteiger partial charge in [-0.05, 0) is 36.1 Å². The van der Waals surface area contributed by atoms with Crippen molar-refractivity contribution in [3.63, 3.8) is 0 Å². The van der Waals surface area contributed by atoms with Crippen molar-refractivity contribution in [2.75, 3.05) is 18.1 Å². The molecule has 26 heavy (non-hydrogen) atoms. The van der Waals surface area contributed by atoms with Gasteiger partial charge in [-0.1, -0.05) is 55.8 Å². The number of hydrogen-bond acceptors (Lipinski definition) is 3. The molecule has 1 N–H and O–H groups in total. The highest BCUT2D eigenvalue weighted by molar-refractivity contribution is 7.88. The molecule has 0 unspecified atom stereocenters. The summed E-state index contributed by atoms with van der Waals surface area (Å²) in [5.41, 5.74) is 3.78. The molecule has 2 rings (SSSR count). The third-order valence-electron chi connectivity index (χ3n) is 4.13. The van der Waals surface area contributed by atoms with Crippen molar-refractivity contribution < 1.29 is 13.2 Å². The third-order valence-corrected chi connectivity index (χ3v) is 5.33. The van der Waals surface area contributed by atoms with Crippen molar-refractivity contribution in [1.29, 1.82) is 0 Å². The van der Waals surface area contributed by atoms with E-state index in [2.05, 4.69) is 19.2 Å². The smallest absolute Gasteiger partial charge is 0.239 e. The van der Waals surface area contributed by atoms with Crippen LogP contribution in [0.15, 0.2) is 48.5 Å². The van der Waals surface area contributed by atoms with Gasteiger partial charge in [0.05, 0.1) is 12.8 Å². The number of aryl methyl sites for hydroxylation is 1. The van der Waals surface area contributed by atoms with Gasteiger partial charge in [0.1, 0.15) is 0 Å². The van der Waals surface area contributed by atoms with E-state index in [-0.39, 0.29) is 19.0 Å². The second kappa shape index (κ2) is 8.47. The van der Waals surface area contributed by atoms with Crippen LogP contribution >= 0.6 is 0 Å². The van der Waals surface area contributed by atoms with E-state index >= 15 is 0 Å². The van der Waals surface area contributed by atoms with E-state index < -0.39 is 10.0 Å².